The van der Waals surface area contributed by atoms with Gasteiger partial charge in [0, 0.05) is 0 Å². The van der Waals surface area contributed by atoms with Gasteiger partial charge in [-0.3, -0.25) is 4.79 Å². The fourth-order valence-corrected chi connectivity index (χ4v) is 3.33. The van der Waals surface area contributed by atoms with Crippen LogP contribution in [0.3, 0.4) is 0 Å². The van der Waals surface area contributed by atoms with Crippen molar-refractivity contribution in [2.24, 2.45) is 17.3 Å². The standard InChI is InChI=1S/C14H14F2O2/c15-11-2-1-8(3-12(11)16)5-14(13(17)18)6-9-4-10(9)7-14/h1-3,9-10H,4-7H2,(H,17,18). The van der Waals surface area contributed by atoms with Gasteiger partial charge in [-0.1, -0.05) is 6.07 Å². The molecule has 0 aromatic heterocycles. The van der Waals surface area contributed by atoms with Crippen LogP contribution in [0.4, 0.5) is 8.78 Å². The highest BCUT2D eigenvalue weighted by Crippen LogP contribution is 2.60. The predicted molar refractivity (Wildman–Crippen MR) is 61.0 cm³/mol. The Kier molecular flexibility index (Phi) is 2.44. The second-order valence-corrected chi connectivity index (χ2v) is 5.67. The lowest BCUT2D eigenvalue weighted by Crippen LogP contribution is -2.32. The highest BCUT2D eigenvalue weighted by molar-refractivity contribution is 5.76. The summed E-state index contributed by atoms with van der Waals surface area (Å²) in [5.41, 5.74) is -0.199. The van der Waals surface area contributed by atoms with Crippen molar-refractivity contribution in [2.45, 2.75) is 25.7 Å². The molecule has 2 aliphatic carbocycles. The monoisotopic (exact) mass is 252 g/mol. The first kappa shape index (κ1) is 11.6. The van der Waals surface area contributed by atoms with Crippen LogP contribution in [0.2, 0.25) is 0 Å². The molecule has 0 spiro atoms. The van der Waals surface area contributed by atoms with Gasteiger partial charge < -0.3 is 5.11 Å². The summed E-state index contributed by atoms with van der Waals surface area (Å²) in [6.07, 6.45) is 2.78. The molecule has 2 fully saturated rings. The molecule has 2 atom stereocenters. The fourth-order valence-electron chi connectivity index (χ4n) is 3.33. The molecule has 0 heterocycles. The number of halogens is 2. The summed E-state index contributed by atoms with van der Waals surface area (Å²) in [5, 5.41) is 9.42. The highest BCUT2D eigenvalue weighted by Gasteiger charge is 2.57. The van der Waals surface area contributed by atoms with Gasteiger partial charge in [-0.25, -0.2) is 8.78 Å². The Balaban J connectivity index is 1.85. The average Bonchev–Trinajstić information content (AvgIpc) is 2.92. The van der Waals surface area contributed by atoms with Crippen LogP contribution in [-0.4, -0.2) is 11.1 Å². The van der Waals surface area contributed by atoms with Gasteiger partial charge in [0.1, 0.15) is 0 Å². The molecule has 96 valence electrons. The summed E-state index contributed by atoms with van der Waals surface area (Å²) in [5.74, 6) is -1.54. The highest BCUT2D eigenvalue weighted by atomic mass is 19.2. The maximum atomic E-state index is 13.1. The molecule has 18 heavy (non-hydrogen) atoms. The molecule has 0 radical (unpaired) electrons. The Bertz CT molecular complexity index is 503. The van der Waals surface area contributed by atoms with Crippen molar-refractivity contribution in [3.05, 3.63) is 35.4 Å². The van der Waals surface area contributed by atoms with Gasteiger partial charge in [-0.05, 0) is 55.2 Å². The van der Waals surface area contributed by atoms with Gasteiger partial charge in [0.2, 0.25) is 0 Å². The Morgan fingerprint density at radius 2 is 1.94 bits per heavy atom. The SMILES string of the molecule is O=C(O)C1(Cc2ccc(F)c(F)c2)CC2CC2C1. The summed E-state index contributed by atoms with van der Waals surface area (Å²) in [6, 6.07) is 3.66. The average molecular weight is 252 g/mol. The molecule has 2 aliphatic rings. The largest absolute Gasteiger partial charge is 0.481 e. The molecular weight excluding hydrogens is 238 g/mol. The van der Waals surface area contributed by atoms with Crippen molar-refractivity contribution in [3.63, 3.8) is 0 Å². The number of hydrogen-bond donors (Lipinski definition) is 1. The van der Waals surface area contributed by atoms with Gasteiger partial charge in [0.15, 0.2) is 11.6 Å². The Hall–Kier alpha value is -1.45. The second kappa shape index (κ2) is 3.77. The van der Waals surface area contributed by atoms with Crippen molar-refractivity contribution in [1.82, 2.24) is 0 Å². The van der Waals surface area contributed by atoms with Crippen LogP contribution in [0.5, 0.6) is 0 Å². The molecule has 1 N–H and O–H groups in total. The van der Waals surface area contributed by atoms with E-state index in [1.165, 1.54) is 6.07 Å². The van der Waals surface area contributed by atoms with Gasteiger partial charge in [0.05, 0.1) is 5.41 Å². The summed E-state index contributed by atoms with van der Waals surface area (Å²) in [6.45, 7) is 0. The van der Waals surface area contributed by atoms with Crippen molar-refractivity contribution in [1.29, 1.82) is 0 Å². The van der Waals surface area contributed by atoms with E-state index in [1.54, 1.807) is 0 Å². The number of carbonyl (C=O) groups is 1. The third-order valence-electron chi connectivity index (χ3n) is 4.36. The zero-order valence-corrected chi connectivity index (χ0v) is 9.83. The minimum atomic E-state index is -0.906. The molecule has 2 unspecified atom stereocenters. The zero-order valence-electron chi connectivity index (χ0n) is 9.83. The number of aliphatic carboxylic acids is 1. The fraction of sp³-hybridized carbons (Fsp3) is 0.500. The van der Waals surface area contributed by atoms with E-state index in [4.69, 9.17) is 0 Å². The first-order valence-corrected chi connectivity index (χ1v) is 6.17. The maximum Gasteiger partial charge on any atom is 0.309 e. The lowest BCUT2D eigenvalue weighted by Gasteiger charge is -2.26. The Morgan fingerprint density at radius 1 is 1.28 bits per heavy atom. The smallest absolute Gasteiger partial charge is 0.309 e. The molecule has 4 heteroatoms. The second-order valence-electron chi connectivity index (χ2n) is 5.67. The van der Waals surface area contributed by atoms with Crippen LogP contribution >= 0.6 is 0 Å². The Morgan fingerprint density at radius 3 is 2.50 bits per heavy atom. The first-order chi connectivity index (χ1) is 8.50. The third-order valence-corrected chi connectivity index (χ3v) is 4.36. The topological polar surface area (TPSA) is 37.3 Å². The minimum absolute atomic E-state index is 0.298. The maximum absolute atomic E-state index is 13.1. The van der Waals surface area contributed by atoms with Crippen molar-refractivity contribution in [2.75, 3.05) is 0 Å². The summed E-state index contributed by atoms with van der Waals surface area (Å²) >= 11 is 0. The van der Waals surface area contributed by atoms with Crippen molar-refractivity contribution < 1.29 is 18.7 Å². The summed E-state index contributed by atoms with van der Waals surface area (Å²) < 4.78 is 26.0. The van der Waals surface area contributed by atoms with Crippen molar-refractivity contribution in [3.8, 4) is 0 Å². The number of carboxylic acid groups (broad SMARTS) is 1. The molecule has 3 rings (SSSR count). The summed E-state index contributed by atoms with van der Waals surface area (Å²) in [7, 11) is 0. The summed E-state index contributed by atoms with van der Waals surface area (Å²) in [4.78, 5) is 11.5. The predicted octanol–water partition coefficient (Wildman–Crippen LogP) is 3.01. The molecule has 0 saturated heterocycles. The lowest BCUT2D eigenvalue weighted by molar-refractivity contribution is -0.149. The number of carboxylic acids is 1. The van der Waals surface area contributed by atoms with E-state index in [0.29, 0.717) is 36.7 Å². The molecule has 0 amide bonds. The van der Waals surface area contributed by atoms with Crippen LogP contribution in [0.15, 0.2) is 18.2 Å². The van der Waals surface area contributed by atoms with E-state index in [-0.39, 0.29) is 0 Å². The van der Waals surface area contributed by atoms with Gasteiger partial charge >= 0.3 is 5.97 Å². The van der Waals surface area contributed by atoms with Gasteiger partial charge in [0.25, 0.3) is 0 Å². The lowest BCUT2D eigenvalue weighted by atomic mass is 9.77. The third kappa shape index (κ3) is 1.80. The quantitative estimate of drug-likeness (QED) is 0.897. The van der Waals surface area contributed by atoms with Gasteiger partial charge in [-0.15, -0.1) is 0 Å². The van der Waals surface area contributed by atoms with E-state index in [0.717, 1.165) is 18.6 Å². The molecular formula is C14H14F2O2. The number of benzene rings is 1. The van der Waals surface area contributed by atoms with E-state index in [2.05, 4.69) is 0 Å². The molecule has 1 aromatic carbocycles. The van der Waals surface area contributed by atoms with Crippen LogP contribution in [0, 0.1) is 28.9 Å². The molecule has 0 bridgehead atoms. The van der Waals surface area contributed by atoms with Crippen LogP contribution in [0.25, 0.3) is 0 Å². The van der Waals surface area contributed by atoms with E-state index in [9.17, 15) is 18.7 Å². The van der Waals surface area contributed by atoms with Gasteiger partial charge in [-0.2, -0.15) is 0 Å². The normalized spacial score (nSPS) is 33.2. The minimum Gasteiger partial charge on any atom is -0.481 e. The van der Waals surface area contributed by atoms with Crippen LogP contribution in [0.1, 0.15) is 24.8 Å². The molecule has 1 aromatic rings. The number of hydrogen-bond acceptors (Lipinski definition) is 1. The number of fused-ring (bicyclic) bond motifs is 1. The van der Waals surface area contributed by atoms with Crippen LogP contribution < -0.4 is 0 Å². The number of rotatable bonds is 3. The van der Waals surface area contributed by atoms with E-state index < -0.39 is 23.0 Å². The molecule has 0 aliphatic heterocycles. The Labute approximate surface area is 104 Å². The molecule has 2 saturated carbocycles. The van der Waals surface area contributed by atoms with Crippen LogP contribution in [-0.2, 0) is 11.2 Å². The molecule has 2 nitrogen and oxygen atoms in total. The van der Waals surface area contributed by atoms with E-state index in [1.807, 2.05) is 0 Å². The zero-order chi connectivity index (χ0) is 12.9. The van der Waals surface area contributed by atoms with Crippen molar-refractivity contribution >= 4 is 5.97 Å². The first-order valence-electron chi connectivity index (χ1n) is 6.17. The van der Waals surface area contributed by atoms with E-state index >= 15 is 0 Å².